The van der Waals surface area contributed by atoms with E-state index in [-0.39, 0.29) is 11.9 Å². The minimum Gasteiger partial charge on any atom is -0.381 e. The lowest BCUT2D eigenvalue weighted by atomic mass is 10.0. The molecule has 0 aliphatic carbocycles. The van der Waals surface area contributed by atoms with Crippen molar-refractivity contribution in [1.82, 2.24) is 25.2 Å². The number of thiophene rings is 1. The first-order valence-corrected chi connectivity index (χ1v) is 11.8. The van der Waals surface area contributed by atoms with E-state index in [1.807, 2.05) is 25.1 Å². The minimum atomic E-state index is -0.0278. The van der Waals surface area contributed by atoms with Gasteiger partial charge in [-0.3, -0.25) is 4.79 Å². The molecule has 2 aliphatic rings. The molecule has 3 aromatic heterocycles. The number of carbonyl (C=O) groups excluding carboxylic acids is 1. The molecule has 4 aromatic rings. The zero-order valence-electron chi connectivity index (χ0n) is 18.4. The van der Waals surface area contributed by atoms with Crippen molar-refractivity contribution in [2.24, 2.45) is 0 Å². The highest BCUT2D eigenvalue weighted by atomic mass is 32.1. The molecule has 164 valence electrons. The number of fused-ring (bicyclic) bond motifs is 6. The second kappa shape index (κ2) is 7.51. The quantitative estimate of drug-likeness (QED) is 0.429. The smallest absolute Gasteiger partial charge is 0.263 e. The SMILES string of the molecule is C#Cc1nc2c(c(-c3ccc4c(ccc5sc6c(c54)NC[C@@H](C)NC6=O)n3)n1)CN(C)CC2. The number of anilines is 1. The van der Waals surface area contributed by atoms with Crippen molar-refractivity contribution < 1.29 is 4.79 Å². The van der Waals surface area contributed by atoms with Crippen molar-refractivity contribution in [2.75, 3.05) is 25.5 Å². The second-order valence-corrected chi connectivity index (χ2v) is 9.77. The molecule has 0 fully saturated rings. The molecule has 1 aromatic carbocycles. The molecular formula is C25H22N6OS. The number of aromatic nitrogens is 3. The predicted octanol–water partition coefficient (Wildman–Crippen LogP) is 3.42. The first-order valence-electron chi connectivity index (χ1n) is 11.0. The Bertz CT molecular complexity index is 1500. The van der Waals surface area contributed by atoms with Crippen LogP contribution >= 0.6 is 11.3 Å². The molecule has 8 heteroatoms. The number of hydrogen-bond donors (Lipinski definition) is 2. The number of hydrogen-bond acceptors (Lipinski definition) is 7. The number of carbonyl (C=O) groups is 1. The summed E-state index contributed by atoms with van der Waals surface area (Å²) in [5, 5.41) is 8.58. The van der Waals surface area contributed by atoms with Gasteiger partial charge in [0.25, 0.3) is 5.91 Å². The van der Waals surface area contributed by atoms with Crippen LogP contribution in [0.5, 0.6) is 0 Å². The Kier molecular flexibility index (Phi) is 4.57. The normalized spacial score (nSPS) is 18.2. The summed E-state index contributed by atoms with van der Waals surface area (Å²) in [5.41, 5.74) is 5.44. The third-order valence-electron chi connectivity index (χ3n) is 6.31. The number of nitrogens with zero attached hydrogens (tertiary/aromatic N) is 4. The molecule has 0 unspecified atom stereocenters. The van der Waals surface area contributed by atoms with Crippen LogP contribution in [0.1, 0.15) is 33.7 Å². The lowest BCUT2D eigenvalue weighted by molar-refractivity contribution is 0.0949. The predicted molar refractivity (Wildman–Crippen MR) is 132 cm³/mol. The Hall–Kier alpha value is -3.54. The standard InChI is InChI=1S/C25H22N6OS/c1-4-20-29-17-9-10-31(3)12-15(17)22(30-20)18-6-5-14-16(28-18)7-8-19-21(14)23-24(33-19)25(32)27-13(2)11-26-23/h1,5-8,13,26H,9-12H2,2-3H3,(H,27,32)/t13-/m1/s1. The fourth-order valence-electron chi connectivity index (χ4n) is 4.68. The van der Waals surface area contributed by atoms with Crippen molar-refractivity contribution in [1.29, 1.82) is 0 Å². The summed E-state index contributed by atoms with van der Waals surface area (Å²) >= 11 is 1.51. The molecule has 0 saturated carbocycles. The molecule has 0 saturated heterocycles. The number of pyridine rings is 1. The maximum atomic E-state index is 12.7. The topological polar surface area (TPSA) is 83.0 Å². The largest absolute Gasteiger partial charge is 0.381 e. The van der Waals surface area contributed by atoms with Crippen LogP contribution in [0.2, 0.25) is 0 Å². The van der Waals surface area contributed by atoms with E-state index in [0.29, 0.717) is 12.4 Å². The van der Waals surface area contributed by atoms with Gasteiger partial charge in [0.05, 0.1) is 28.3 Å². The Balaban J connectivity index is 1.55. The van der Waals surface area contributed by atoms with E-state index in [2.05, 4.69) is 44.5 Å². The van der Waals surface area contributed by atoms with Crippen LogP contribution in [0, 0.1) is 12.3 Å². The average molecular weight is 455 g/mol. The Morgan fingerprint density at radius 1 is 1.21 bits per heavy atom. The zero-order valence-corrected chi connectivity index (χ0v) is 19.2. The average Bonchev–Trinajstić information content (AvgIpc) is 3.14. The number of likely N-dealkylation sites (N-methyl/N-ethyl adjacent to an activating group) is 1. The Labute approximate surface area is 195 Å². The molecule has 1 atom stereocenters. The molecule has 2 aliphatic heterocycles. The first kappa shape index (κ1) is 20.1. The van der Waals surface area contributed by atoms with E-state index in [1.54, 1.807) is 0 Å². The summed E-state index contributed by atoms with van der Waals surface area (Å²) < 4.78 is 1.06. The van der Waals surface area contributed by atoms with Gasteiger partial charge in [-0.2, -0.15) is 0 Å². The molecule has 1 amide bonds. The van der Waals surface area contributed by atoms with E-state index < -0.39 is 0 Å². The summed E-state index contributed by atoms with van der Waals surface area (Å²) in [6.45, 7) is 4.39. The first-order chi connectivity index (χ1) is 16.0. The van der Waals surface area contributed by atoms with Gasteiger partial charge in [0.1, 0.15) is 4.88 Å². The van der Waals surface area contributed by atoms with Gasteiger partial charge in [-0.15, -0.1) is 17.8 Å². The molecule has 2 N–H and O–H groups in total. The van der Waals surface area contributed by atoms with Crippen LogP contribution in [-0.4, -0.2) is 51.9 Å². The lowest BCUT2D eigenvalue weighted by Gasteiger charge is -2.25. The maximum Gasteiger partial charge on any atom is 0.263 e. The fraction of sp³-hybridized carbons (Fsp3) is 0.280. The lowest BCUT2D eigenvalue weighted by Crippen LogP contribution is -2.34. The van der Waals surface area contributed by atoms with Crippen LogP contribution in [0.3, 0.4) is 0 Å². The molecule has 0 radical (unpaired) electrons. The minimum absolute atomic E-state index is 0.0278. The van der Waals surface area contributed by atoms with E-state index in [1.165, 1.54) is 11.3 Å². The molecule has 0 bridgehead atoms. The number of terminal acetylenes is 1. The zero-order chi connectivity index (χ0) is 22.7. The highest BCUT2D eigenvalue weighted by Gasteiger charge is 2.26. The summed E-state index contributed by atoms with van der Waals surface area (Å²) in [7, 11) is 2.10. The second-order valence-electron chi connectivity index (χ2n) is 8.72. The number of benzene rings is 1. The fourth-order valence-corrected chi connectivity index (χ4v) is 5.78. The van der Waals surface area contributed by atoms with Crippen LogP contribution in [0.4, 0.5) is 5.69 Å². The third-order valence-corrected chi connectivity index (χ3v) is 7.47. The molecular weight excluding hydrogens is 432 g/mol. The summed E-state index contributed by atoms with van der Waals surface area (Å²) in [4.78, 5) is 29.9. The van der Waals surface area contributed by atoms with Crippen LogP contribution in [0.25, 0.3) is 32.4 Å². The third kappa shape index (κ3) is 3.24. The summed E-state index contributed by atoms with van der Waals surface area (Å²) in [5.74, 6) is 2.97. The van der Waals surface area contributed by atoms with Gasteiger partial charge in [0, 0.05) is 53.1 Å². The van der Waals surface area contributed by atoms with Crippen LogP contribution in [0.15, 0.2) is 24.3 Å². The Morgan fingerprint density at radius 2 is 2.09 bits per heavy atom. The van der Waals surface area contributed by atoms with Gasteiger partial charge in [-0.1, -0.05) is 0 Å². The summed E-state index contributed by atoms with van der Waals surface area (Å²) in [6, 6.07) is 8.21. The van der Waals surface area contributed by atoms with E-state index in [9.17, 15) is 4.79 Å². The van der Waals surface area contributed by atoms with Gasteiger partial charge >= 0.3 is 0 Å². The molecule has 6 rings (SSSR count). The Morgan fingerprint density at radius 3 is 2.94 bits per heavy atom. The molecule has 7 nitrogen and oxygen atoms in total. The highest BCUT2D eigenvalue weighted by molar-refractivity contribution is 7.21. The maximum absolute atomic E-state index is 12.7. The summed E-state index contributed by atoms with van der Waals surface area (Å²) in [6.07, 6.45) is 6.50. The number of rotatable bonds is 1. The number of nitrogens with one attached hydrogen (secondary N) is 2. The van der Waals surface area contributed by atoms with Gasteiger partial charge in [0.15, 0.2) is 0 Å². The van der Waals surface area contributed by atoms with E-state index in [0.717, 1.165) is 73.7 Å². The van der Waals surface area contributed by atoms with Gasteiger partial charge in [0.2, 0.25) is 5.82 Å². The van der Waals surface area contributed by atoms with Crippen LogP contribution in [-0.2, 0) is 13.0 Å². The number of amides is 1. The monoisotopic (exact) mass is 454 g/mol. The molecule has 0 spiro atoms. The van der Waals surface area contributed by atoms with E-state index in [4.69, 9.17) is 11.4 Å². The van der Waals surface area contributed by atoms with Crippen molar-refractivity contribution in [2.45, 2.75) is 25.9 Å². The highest BCUT2D eigenvalue weighted by Crippen LogP contribution is 2.41. The van der Waals surface area contributed by atoms with Crippen molar-refractivity contribution in [3.63, 3.8) is 0 Å². The van der Waals surface area contributed by atoms with Crippen LogP contribution < -0.4 is 10.6 Å². The van der Waals surface area contributed by atoms with Gasteiger partial charge in [-0.05, 0) is 44.2 Å². The van der Waals surface area contributed by atoms with Crippen molar-refractivity contribution >= 4 is 43.9 Å². The van der Waals surface area contributed by atoms with Gasteiger partial charge < -0.3 is 15.5 Å². The van der Waals surface area contributed by atoms with Crippen molar-refractivity contribution in [3.8, 4) is 23.7 Å². The van der Waals surface area contributed by atoms with Gasteiger partial charge in [-0.25, -0.2) is 15.0 Å². The molecule has 5 heterocycles. The van der Waals surface area contributed by atoms with E-state index >= 15 is 0 Å². The van der Waals surface area contributed by atoms with Crippen molar-refractivity contribution in [3.05, 3.63) is 46.2 Å². The molecule has 33 heavy (non-hydrogen) atoms.